The number of tetrazole rings is 1. The van der Waals surface area contributed by atoms with Crippen molar-refractivity contribution >= 4 is 11.7 Å². The highest BCUT2D eigenvalue weighted by Crippen LogP contribution is 2.46. The summed E-state index contributed by atoms with van der Waals surface area (Å²) in [4.78, 5) is 13.4. The van der Waals surface area contributed by atoms with Crippen LogP contribution in [0.1, 0.15) is 35.9 Å². The van der Waals surface area contributed by atoms with E-state index in [1.165, 1.54) is 0 Å². The molecule has 0 spiro atoms. The molecule has 0 amide bonds. The Morgan fingerprint density at radius 1 is 1.07 bits per heavy atom. The maximum atomic E-state index is 13.4. The molecule has 30 heavy (non-hydrogen) atoms. The highest BCUT2D eigenvalue weighted by molar-refractivity contribution is 6.00. The average Bonchev–Trinajstić information content (AvgIpc) is 3.26. The second-order valence-electron chi connectivity index (χ2n) is 7.41. The Morgan fingerprint density at radius 3 is 2.67 bits per heavy atom. The van der Waals surface area contributed by atoms with Crippen LogP contribution >= 0.6 is 0 Å². The fourth-order valence-electron chi connectivity index (χ4n) is 4.37. The molecule has 8 heteroatoms. The summed E-state index contributed by atoms with van der Waals surface area (Å²) in [6.07, 6.45) is 1.14. The molecule has 2 atom stereocenters. The van der Waals surface area contributed by atoms with Gasteiger partial charge >= 0.3 is 0 Å². The first-order valence-electron chi connectivity index (χ1n) is 9.77. The van der Waals surface area contributed by atoms with Crippen LogP contribution in [0, 0.1) is 0 Å². The molecular weight excluding hydrogens is 382 g/mol. The first kappa shape index (κ1) is 18.4. The number of anilines is 1. The standard InChI is InChI=1S/C22H21N5O3/c1-29-15-8-9-19(30-2)16(12-15)21-20-17(23-22-24-25-26-27(21)22)10-14(11-18(20)28)13-6-4-3-5-7-13/h3-9,12,14,21H,10-11H2,1-2H3,(H,23,24,26)/t14-,21+/m0/s1. The number of carbonyl (C=O) groups is 1. The van der Waals surface area contributed by atoms with E-state index in [9.17, 15) is 4.79 Å². The number of hydrogen-bond acceptors (Lipinski definition) is 7. The molecule has 5 rings (SSSR count). The lowest BCUT2D eigenvalue weighted by Gasteiger charge is -2.35. The van der Waals surface area contributed by atoms with E-state index in [1.54, 1.807) is 18.9 Å². The van der Waals surface area contributed by atoms with Gasteiger partial charge in [-0.1, -0.05) is 35.4 Å². The number of nitrogens with one attached hydrogen (secondary N) is 1. The Morgan fingerprint density at radius 2 is 1.90 bits per heavy atom. The van der Waals surface area contributed by atoms with Crippen LogP contribution in [0.25, 0.3) is 0 Å². The maximum Gasteiger partial charge on any atom is 0.248 e. The van der Waals surface area contributed by atoms with E-state index in [0.717, 1.165) is 16.8 Å². The van der Waals surface area contributed by atoms with Gasteiger partial charge < -0.3 is 14.8 Å². The lowest BCUT2D eigenvalue weighted by molar-refractivity contribution is -0.116. The number of aromatic nitrogens is 4. The molecule has 1 aliphatic heterocycles. The Bertz CT molecular complexity index is 1140. The van der Waals surface area contributed by atoms with Gasteiger partial charge in [0.05, 0.1) is 14.2 Å². The highest BCUT2D eigenvalue weighted by Gasteiger charge is 2.40. The minimum Gasteiger partial charge on any atom is -0.497 e. The van der Waals surface area contributed by atoms with Gasteiger partial charge in [0.25, 0.3) is 0 Å². The zero-order chi connectivity index (χ0) is 20.7. The quantitative estimate of drug-likeness (QED) is 0.716. The lowest BCUT2D eigenvalue weighted by Crippen LogP contribution is -2.33. The average molecular weight is 403 g/mol. The molecular formula is C22H21N5O3. The van der Waals surface area contributed by atoms with Crippen molar-refractivity contribution in [3.8, 4) is 11.5 Å². The molecule has 2 aliphatic rings. The number of carbonyl (C=O) groups excluding carboxylic acids is 1. The van der Waals surface area contributed by atoms with Gasteiger partial charge in [0.2, 0.25) is 5.95 Å². The Hall–Kier alpha value is -3.68. The minimum atomic E-state index is -0.486. The van der Waals surface area contributed by atoms with Crippen molar-refractivity contribution in [1.82, 2.24) is 20.2 Å². The largest absolute Gasteiger partial charge is 0.497 e. The van der Waals surface area contributed by atoms with Gasteiger partial charge in [-0.2, -0.15) is 4.68 Å². The summed E-state index contributed by atoms with van der Waals surface area (Å²) >= 11 is 0. The third-order valence-electron chi connectivity index (χ3n) is 5.78. The molecule has 2 aromatic carbocycles. The molecule has 0 unspecified atom stereocenters. The number of fused-ring (bicyclic) bond motifs is 1. The van der Waals surface area contributed by atoms with E-state index >= 15 is 0 Å². The van der Waals surface area contributed by atoms with Crippen LogP contribution in [-0.2, 0) is 4.79 Å². The molecule has 0 radical (unpaired) electrons. The molecule has 1 aliphatic carbocycles. The normalized spacial score (nSPS) is 20.3. The lowest BCUT2D eigenvalue weighted by atomic mass is 9.78. The van der Waals surface area contributed by atoms with Gasteiger partial charge in [-0.25, -0.2) is 0 Å². The zero-order valence-corrected chi connectivity index (χ0v) is 16.7. The van der Waals surface area contributed by atoms with E-state index in [0.29, 0.717) is 35.9 Å². The second-order valence-corrected chi connectivity index (χ2v) is 7.41. The molecule has 0 bridgehead atoms. The molecule has 0 fully saturated rings. The first-order chi connectivity index (χ1) is 14.7. The molecule has 0 saturated heterocycles. The van der Waals surface area contributed by atoms with Gasteiger partial charge in [0.15, 0.2) is 5.78 Å². The minimum absolute atomic E-state index is 0.0774. The predicted octanol–water partition coefficient (Wildman–Crippen LogP) is 3.11. The SMILES string of the molecule is COc1ccc(OC)c([C@@H]2C3=C(C[C@H](c4ccccc4)CC3=O)Nc3nnnn32)c1. The summed E-state index contributed by atoms with van der Waals surface area (Å²) in [7, 11) is 3.22. The summed E-state index contributed by atoms with van der Waals surface area (Å²) in [6.45, 7) is 0. The van der Waals surface area contributed by atoms with E-state index in [4.69, 9.17) is 9.47 Å². The monoisotopic (exact) mass is 403 g/mol. The van der Waals surface area contributed by atoms with E-state index in [-0.39, 0.29) is 11.7 Å². The van der Waals surface area contributed by atoms with Crippen molar-refractivity contribution in [2.45, 2.75) is 24.8 Å². The van der Waals surface area contributed by atoms with E-state index in [1.807, 2.05) is 36.4 Å². The Kier molecular flexibility index (Phi) is 4.46. The van der Waals surface area contributed by atoms with Crippen LogP contribution in [-0.4, -0.2) is 40.2 Å². The molecule has 2 heterocycles. The van der Waals surface area contributed by atoms with Crippen molar-refractivity contribution in [1.29, 1.82) is 0 Å². The van der Waals surface area contributed by atoms with Crippen molar-refractivity contribution in [2.24, 2.45) is 0 Å². The predicted molar refractivity (Wildman–Crippen MR) is 110 cm³/mol. The molecule has 1 N–H and O–H groups in total. The smallest absolute Gasteiger partial charge is 0.248 e. The van der Waals surface area contributed by atoms with Crippen LogP contribution in [0.5, 0.6) is 11.5 Å². The van der Waals surface area contributed by atoms with Crippen molar-refractivity contribution in [3.05, 3.63) is 70.9 Å². The number of methoxy groups -OCH3 is 2. The third kappa shape index (κ3) is 2.92. The number of nitrogens with zero attached hydrogens (tertiary/aromatic N) is 4. The number of rotatable bonds is 4. The Labute approximate surface area is 173 Å². The van der Waals surface area contributed by atoms with Gasteiger partial charge in [0, 0.05) is 23.3 Å². The van der Waals surface area contributed by atoms with Crippen LogP contribution in [0.4, 0.5) is 5.95 Å². The summed E-state index contributed by atoms with van der Waals surface area (Å²) in [5.41, 5.74) is 3.47. The first-order valence-corrected chi connectivity index (χ1v) is 9.77. The number of benzene rings is 2. The van der Waals surface area contributed by atoms with Crippen LogP contribution in [0.2, 0.25) is 0 Å². The zero-order valence-electron chi connectivity index (χ0n) is 16.7. The van der Waals surface area contributed by atoms with Crippen LogP contribution < -0.4 is 14.8 Å². The molecule has 8 nitrogen and oxygen atoms in total. The number of allylic oxidation sites excluding steroid dienone is 2. The van der Waals surface area contributed by atoms with Gasteiger partial charge in [-0.15, -0.1) is 0 Å². The highest BCUT2D eigenvalue weighted by atomic mass is 16.5. The fourth-order valence-corrected chi connectivity index (χ4v) is 4.37. The number of hydrogen-bond donors (Lipinski definition) is 1. The van der Waals surface area contributed by atoms with Crippen molar-refractivity contribution < 1.29 is 14.3 Å². The number of ketones is 1. The summed E-state index contributed by atoms with van der Waals surface area (Å²) < 4.78 is 12.7. The molecule has 1 aromatic heterocycles. The summed E-state index contributed by atoms with van der Waals surface area (Å²) in [5, 5.41) is 15.4. The fraction of sp³-hybridized carbons (Fsp3) is 0.273. The van der Waals surface area contributed by atoms with E-state index in [2.05, 4.69) is 33.0 Å². The number of Topliss-reactive ketones (excluding diaryl/α,β-unsaturated/α-hetero) is 1. The molecule has 3 aromatic rings. The van der Waals surface area contributed by atoms with Gasteiger partial charge in [-0.3, -0.25) is 4.79 Å². The van der Waals surface area contributed by atoms with Crippen LogP contribution in [0.3, 0.4) is 0 Å². The maximum absolute atomic E-state index is 13.4. The van der Waals surface area contributed by atoms with Crippen molar-refractivity contribution in [3.63, 3.8) is 0 Å². The van der Waals surface area contributed by atoms with Gasteiger partial charge in [-0.05, 0) is 46.5 Å². The summed E-state index contributed by atoms with van der Waals surface area (Å²) in [5.74, 6) is 2.01. The van der Waals surface area contributed by atoms with Crippen molar-refractivity contribution in [2.75, 3.05) is 19.5 Å². The third-order valence-corrected chi connectivity index (χ3v) is 5.78. The van der Waals surface area contributed by atoms with E-state index < -0.39 is 6.04 Å². The molecule has 0 saturated carbocycles. The van der Waals surface area contributed by atoms with Crippen LogP contribution in [0.15, 0.2) is 59.8 Å². The molecule has 152 valence electrons. The summed E-state index contributed by atoms with van der Waals surface area (Å²) in [6, 6.07) is 15.2. The van der Waals surface area contributed by atoms with Gasteiger partial charge in [0.1, 0.15) is 17.5 Å². The number of ether oxygens (including phenoxy) is 2. The topological polar surface area (TPSA) is 91.2 Å². The Balaban J connectivity index is 1.65. The second kappa shape index (κ2) is 7.29.